The highest BCUT2D eigenvalue weighted by atomic mass is 19.1. The first-order valence-electron chi connectivity index (χ1n) is 9.54. The van der Waals surface area contributed by atoms with Crippen LogP contribution in [0.2, 0.25) is 0 Å². The summed E-state index contributed by atoms with van der Waals surface area (Å²) in [4.78, 5) is 2.08. The molecule has 1 fully saturated rings. The third-order valence-electron chi connectivity index (χ3n) is 5.27. The second-order valence-corrected chi connectivity index (χ2v) is 7.09. The number of rotatable bonds is 5. The Bertz CT molecular complexity index is 908. The predicted molar refractivity (Wildman–Crippen MR) is 109 cm³/mol. The van der Waals surface area contributed by atoms with Gasteiger partial charge in [-0.2, -0.15) is 0 Å². The molecular formula is C23H25FN2O. The predicted octanol–water partition coefficient (Wildman–Crippen LogP) is 4.53. The molecule has 3 nitrogen and oxygen atoms in total. The normalized spacial score (nSPS) is 18.6. The van der Waals surface area contributed by atoms with Crippen molar-refractivity contribution in [1.82, 2.24) is 5.32 Å². The first kappa shape index (κ1) is 18.0. The van der Waals surface area contributed by atoms with Crippen LogP contribution in [0.15, 0.2) is 66.7 Å². The molecule has 0 aromatic heterocycles. The standard InChI is InChI=1S/C23H25FN2O/c1-17(20-10-6-8-18-7-2-3-9-21(18)20)25-15-19-16-26(13-14-27-19)23-12-5-4-11-22(23)24/h2-12,17,19,25H,13-16H2,1H3/t17-,19?/m1/s1. The van der Waals surface area contributed by atoms with Gasteiger partial charge in [-0.05, 0) is 35.4 Å². The number of morpholine rings is 1. The number of nitrogens with one attached hydrogen (secondary N) is 1. The average Bonchev–Trinajstić information content (AvgIpc) is 2.72. The summed E-state index contributed by atoms with van der Waals surface area (Å²) in [5.74, 6) is -0.171. The zero-order valence-electron chi connectivity index (χ0n) is 15.6. The Hall–Kier alpha value is -2.43. The van der Waals surface area contributed by atoms with Crippen molar-refractivity contribution in [2.75, 3.05) is 31.1 Å². The topological polar surface area (TPSA) is 24.5 Å². The zero-order valence-corrected chi connectivity index (χ0v) is 15.6. The van der Waals surface area contributed by atoms with Crippen molar-refractivity contribution in [2.24, 2.45) is 0 Å². The van der Waals surface area contributed by atoms with Crippen LogP contribution < -0.4 is 10.2 Å². The molecule has 2 atom stereocenters. The minimum atomic E-state index is -0.171. The zero-order chi connectivity index (χ0) is 18.6. The van der Waals surface area contributed by atoms with E-state index in [0.717, 1.165) is 13.1 Å². The van der Waals surface area contributed by atoms with Gasteiger partial charge in [0.05, 0.1) is 18.4 Å². The molecule has 27 heavy (non-hydrogen) atoms. The van der Waals surface area contributed by atoms with Crippen molar-refractivity contribution in [1.29, 1.82) is 0 Å². The van der Waals surface area contributed by atoms with Crippen LogP contribution in [0.5, 0.6) is 0 Å². The van der Waals surface area contributed by atoms with Gasteiger partial charge in [0.25, 0.3) is 0 Å². The molecule has 0 radical (unpaired) electrons. The van der Waals surface area contributed by atoms with Gasteiger partial charge in [-0.1, -0.05) is 54.6 Å². The van der Waals surface area contributed by atoms with Crippen LogP contribution in [0.25, 0.3) is 10.8 Å². The molecule has 140 valence electrons. The minimum Gasteiger partial charge on any atom is -0.373 e. The molecule has 1 aliphatic heterocycles. The molecule has 4 rings (SSSR count). The molecule has 0 amide bonds. The maximum Gasteiger partial charge on any atom is 0.146 e. The Morgan fingerprint density at radius 2 is 1.85 bits per heavy atom. The number of nitrogens with zero attached hydrogens (tertiary/aromatic N) is 1. The van der Waals surface area contributed by atoms with E-state index in [1.54, 1.807) is 6.07 Å². The van der Waals surface area contributed by atoms with Crippen LogP contribution in [0.1, 0.15) is 18.5 Å². The molecule has 1 unspecified atom stereocenters. The van der Waals surface area contributed by atoms with Crippen LogP contribution in [0.4, 0.5) is 10.1 Å². The van der Waals surface area contributed by atoms with Gasteiger partial charge in [-0.3, -0.25) is 0 Å². The second-order valence-electron chi connectivity index (χ2n) is 7.09. The number of hydrogen-bond donors (Lipinski definition) is 1. The Labute approximate surface area is 159 Å². The van der Waals surface area contributed by atoms with Gasteiger partial charge in [0.2, 0.25) is 0 Å². The molecule has 3 aromatic rings. The van der Waals surface area contributed by atoms with Crippen molar-refractivity contribution >= 4 is 16.5 Å². The fourth-order valence-electron chi connectivity index (χ4n) is 3.82. The van der Waals surface area contributed by atoms with Gasteiger partial charge in [-0.25, -0.2) is 4.39 Å². The number of fused-ring (bicyclic) bond motifs is 1. The van der Waals surface area contributed by atoms with E-state index in [4.69, 9.17) is 4.74 Å². The molecule has 0 spiro atoms. The van der Waals surface area contributed by atoms with E-state index in [0.29, 0.717) is 18.8 Å². The van der Waals surface area contributed by atoms with E-state index in [9.17, 15) is 4.39 Å². The summed E-state index contributed by atoms with van der Waals surface area (Å²) in [5.41, 5.74) is 1.95. The molecule has 4 heteroatoms. The molecule has 1 aliphatic rings. The lowest BCUT2D eigenvalue weighted by Gasteiger charge is -2.35. The Balaban J connectivity index is 1.41. The molecule has 3 aromatic carbocycles. The Morgan fingerprint density at radius 3 is 2.74 bits per heavy atom. The number of hydrogen-bond acceptors (Lipinski definition) is 3. The summed E-state index contributed by atoms with van der Waals surface area (Å²) in [7, 11) is 0. The number of para-hydroxylation sites is 1. The highest BCUT2D eigenvalue weighted by Gasteiger charge is 2.23. The van der Waals surface area contributed by atoms with Crippen molar-refractivity contribution in [3.63, 3.8) is 0 Å². The first-order chi connectivity index (χ1) is 13.2. The van der Waals surface area contributed by atoms with Crippen molar-refractivity contribution in [3.8, 4) is 0 Å². The molecule has 0 saturated carbocycles. The van der Waals surface area contributed by atoms with Crippen LogP contribution in [-0.2, 0) is 4.74 Å². The van der Waals surface area contributed by atoms with Gasteiger partial charge in [0.1, 0.15) is 5.82 Å². The molecular weight excluding hydrogens is 339 g/mol. The van der Waals surface area contributed by atoms with Gasteiger partial charge in [0, 0.05) is 25.7 Å². The summed E-state index contributed by atoms with van der Waals surface area (Å²) in [6.07, 6.45) is 0.0378. The highest BCUT2D eigenvalue weighted by molar-refractivity contribution is 5.86. The third kappa shape index (κ3) is 3.97. The lowest BCUT2D eigenvalue weighted by molar-refractivity contribution is 0.0392. The van der Waals surface area contributed by atoms with E-state index < -0.39 is 0 Å². The molecule has 0 aliphatic carbocycles. The van der Waals surface area contributed by atoms with Crippen molar-refractivity contribution in [3.05, 3.63) is 78.1 Å². The van der Waals surface area contributed by atoms with Crippen LogP contribution in [-0.4, -0.2) is 32.3 Å². The first-order valence-corrected chi connectivity index (χ1v) is 9.54. The van der Waals surface area contributed by atoms with Crippen molar-refractivity contribution < 1.29 is 9.13 Å². The largest absolute Gasteiger partial charge is 0.373 e. The average molecular weight is 364 g/mol. The second kappa shape index (κ2) is 8.07. The van der Waals surface area contributed by atoms with Gasteiger partial charge in [0.15, 0.2) is 0 Å². The highest BCUT2D eigenvalue weighted by Crippen LogP contribution is 2.25. The lowest BCUT2D eigenvalue weighted by Crippen LogP contribution is -2.47. The summed E-state index contributed by atoms with van der Waals surface area (Å²) < 4.78 is 20.0. The summed E-state index contributed by atoms with van der Waals surface area (Å²) in [5, 5.41) is 6.13. The van der Waals surface area contributed by atoms with Crippen LogP contribution >= 0.6 is 0 Å². The maximum atomic E-state index is 14.1. The number of benzene rings is 3. The Morgan fingerprint density at radius 1 is 1.07 bits per heavy atom. The molecule has 1 saturated heterocycles. The monoisotopic (exact) mass is 364 g/mol. The molecule has 0 bridgehead atoms. The summed E-state index contributed by atoms with van der Waals surface area (Å²) >= 11 is 0. The SMILES string of the molecule is C[C@@H](NCC1CN(c2ccccc2F)CCO1)c1cccc2ccccc12. The Kier molecular flexibility index (Phi) is 5.37. The van der Waals surface area contributed by atoms with E-state index in [1.807, 2.05) is 12.1 Å². The van der Waals surface area contributed by atoms with Gasteiger partial charge < -0.3 is 15.0 Å². The number of anilines is 1. The maximum absolute atomic E-state index is 14.1. The summed E-state index contributed by atoms with van der Waals surface area (Å²) in [6.45, 7) is 4.93. The lowest BCUT2D eigenvalue weighted by atomic mass is 9.99. The van der Waals surface area contributed by atoms with Crippen LogP contribution in [0, 0.1) is 5.82 Å². The molecule has 1 N–H and O–H groups in total. The van der Waals surface area contributed by atoms with E-state index in [1.165, 1.54) is 22.4 Å². The summed E-state index contributed by atoms with van der Waals surface area (Å²) in [6, 6.07) is 22.0. The smallest absolute Gasteiger partial charge is 0.146 e. The van der Waals surface area contributed by atoms with Gasteiger partial charge >= 0.3 is 0 Å². The van der Waals surface area contributed by atoms with Crippen LogP contribution in [0.3, 0.4) is 0 Å². The third-order valence-corrected chi connectivity index (χ3v) is 5.27. The van der Waals surface area contributed by atoms with E-state index in [-0.39, 0.29) is 18.0 Å². The number of halogens is 1. The van der Waals surface area contributed by atoms with Crippen molar-refractivity contribution in [2.45, 2.75) is 19.1 Å². The fraction of sp³-hybridized carbons (Fsp3) is 0.304. The number of ether oxygens (including phenoxy) is 1. The molecule has 1 heterocycles. The fourth-order valence-corrected chi connectivity index (χ4v) is 3.82. The minimum absolute atomic E-state index is 0.0378. The van der Waals surface area contributed by atoms with E-state index in [2.05, 4.69) is 59.6 Å². The van der Waals surface area contributed by atoms with E-state index >= 15 is 0 Å². The quantitative estimate of drug-likeness (QED) is 0.720. The van der Waals surface area contributed by atoms with Gasteiger partial charge in [-0.15, -0.1) is 0 Å².